The smallest absolute Gasteiger partial charge is 0.290 e. The van der Waals surface area contributed by atoms with Crippen molar-refractivity contribution < 1.29 is 9.90 Å². The van der Waals surface area contributed by atoms with Crippen molar-refractivity contribution in [2.45, 2.75) is 39.7 Å². The largest absolute Gasteiger partial charge is 0.483 e. The van der Waals surface area contributed by atoms with Crippen molar-refractivity contribution in [1.82, 2.24) is 5.32 Å². The maximum Gasteiger partial charge on any atom is 0.290 e. The molecule has 0 fully saturated rings. The molecule has 0 aromatic heterocycles. The number of nitrogens with one attached hydrogen (secondary N) is 1. The van der Waals surface area contributed by atoms with E-state index in [0.29, 0.717) is 6.04 Å². The predicted molar refractivity (Wildman–Crippen MR) is 46.7 cm³/mol. The zero-order valence-electron chi connectivity index (χ0n) is 7.63. The van der Waals surface area contributed by atoms with Crippen LogP contribution in [0.25, 0.3) is 0 Å². The van der Waals surface area contributed by atoms with Gasteiger partial charge < -0.3 is 10.4 Å². The van der Waals surface area contributed by atoms with E-state index in [2.05, 4.69) is 26.1 Å². The number of hydrogen-bond donors (Lipinski definition) is 2. The van der Waals surface area contributed by atoms with Crippen LogP contribution in [0, 0.1) is 0 Å². The number of hydrogen-bond acceptors (Lipinski definition) is 2. The standard InChI is InChI=1S/C7H17N.CH2O2/c1-4-5-6-8-7(2)3;2-1-3/h7-8H,4-6H2,1-3H3;1H,(H,2,3). The van der Waals surface area contributed by atoms with Gasteiger partial charge in [-0.05, 0) is 13.0 Å². The van der Waals surface area contributed by atoms with Gasteiger partial charge in [-0.25, -0.2) is 0 Å². The second-order valence-corrected chi connectivity index (χ2v) is 2.57. The van der Waals surface area contributed by atoms with E-state index in [0.717, 1.165) is 0 Å². The van der Waals surface area contributed by atoms with Crippen molar-refractivity contribution >= 4 is 6.47 Å². The predicted octanol–water partition coefficient (Wildman–Crippen LogP) is 1.49. The fourth-order valence-corrected chi connectivity index (χ4v) is 0.568. The van der Waals surface area contributed by atoms with Crippen molar-refractivity contribution in [3.05, 3.63) is 0 Å². The Hall–Kier alpha value is -0.570. The third kappa shape index (κ3) is 26.5. The third-order valence-corrected chi connectivity index (χ3v) is 1.08. The monoisotopic (exact) mass is 161 g/mol. The summed E-state index contributed by atoms with van der Waals surface area (Å²) in [4.78, 5) is 8.36. The summed E-state index contributed by atoms with van der Waals surface area (Å²) in [6.07, 6.45) is 2.60. The molecule has 0 aromatic rings. The highest BCUT2D eigenvalue weighted by atomic mass is 16.3. The fraction of sp³-hybridized carbons (Fsp3) is 0.875. The molecule has 0 saturated carbocycles. The minimum Gasteiger partial charge on any atom is -0.483 e. The van der Waals surface area contributed by atoms with Gasteiger partial charge in [0.25, 0.3) is 6.47 Å². The molecule has 3 heteroatoms. The number of rotatable bonds is 4. The summed E-state index contributed by atoms with van der Waals surface area (Å²) in [5.41, 5.74) is 0. The number of carbonyl (C=O) groups is 1. The summed E-state index contributed by atoms with van der Waals surface area (Å²) in [6, 6.07) is 0.654. The van der Waals surface area contributed by atoms with Gasteiger partial charge in [-0.15, -0.1) is 0 Å². The molecule has 0 bridgehead atoms. The molecule has 3 nitrogen and oxygen atoms in total. The molecule has 0 spiro atoms. The number of carboxylic acid groups (broad SMARTS) is 1. The lowest BCUT2D eigenvalue weighted by atomic mass is 10.3. The molecule has 0 aliphatic heterocycles. The van der Waals surface area contributed by atoms with Gasteiger partial charge >= 0.3 is 0 Å². The minimum atomic E-state index is -0.250. The first-order chi connectivity index (χ1) is 5.18. The first kappa shape index (κ1) is 13.1. The number of unbranched alkanes of at least 4 members (excludes halogenated alkanes) is 1. The molecule has 0 amide bonds. The highest BCUT2D eigenvalue weighted by molar-refractivity contribution is 5.32. The molecule has 0 aromatic carbocycles. The average molecular weight is 161 g/mol. The lowest BCUT2D eigenvalue weighted by Crippen LogP contribution is -2.23. The van der Waals surface area contributed by atoms with Crippen LogP contribution in [0.4, 0.5) is 0 Å². The van der Waals surface area contributed by atoms with Gasteiger partial charge in [0, 0.05) is 6.04 Å². The van der Waals surface area contributed by atoms with E-state index >= 15 is 0 Å². The Morgan fingerprint density at radius 3 is 2.27 bits per heavy atom. The molecule has 0 rings (SSSR count). The molecular weight excluding hydrogens is 142 g/mol. The fourth-order valence-electron chi connectivity index (χ4n) is 0.568. The van der Waals surface area contributed by atoms with Crippen LogP contribution in [0.1, 0.15) is 33.6 Å². The summed E-state index contributed by atoms with van der Waals surface area (Å²) in [5.74, 6) is 0. The average Bonchev–Trinajstić information content (AvgIpc) is 1.89. The van der Waals surface area contributed by atoms with E-state index in [1.807, 2.05) is 0 Å². The van der Waals surface area contributed by atoms with Gasteiger partial charge in [0.2, 0.25) is 0 Å². The summed E-state index contributed by atoms with van der Waals surface area (Å²) < 4.78 is 0. The van der Waals surface area contributed by atoms with E-state index in [4.69, 9.17) is 9.90 Å². The second kappa shape index (κ2) is 12.1. The molecule has 0 radical (unpaired) electrons. The Morgan fingerprint density at radius 2 is 2.00 bits per heavy atom. The Labute approximate surface area is 68.8 Å². The van der Waals surface area contributed by atoms with E-state index in [1.54, 1.807) is 0 Å². The summed E-state index contributed by atoms with van der Waals surface area (Å²) in [7, 11) is 0. The second-order valence-electron chi connectivity index (χ2n) is 2.57. The normalized spacial score (nSPS) is 8.73. The highest BCUT2D eigenvalue weighted by Gasteiger charge is 1.87. The Kier molecular flexibility index (Phi) is 14.4. The van der Waals surface area contributed by atoms with Crippen molar-refractivity contribution in [3.63, 3.8) is 0 Å². The van der Waals surface area contributed by atoms with Crippen molar-refractivity contribution in [1.29, 1.82) is 0 Å². The molecular formula is C8H19NO2. The molecule has 0 aliphatic carbocycles. The quantitative estimate of drug-likeness (QED) is 0.485. The molecule has 0 heterocycles. The topological polar surface area (TPSA) is 49.3 Å². The maximum absolute atomic E-state index is 8.36. The van der Waals surface area contributed by atoms with Crippen LogP contribution in [0.2, 0.25) is 0 Å². The van der Waals surface area contributed by atoms with Crippen molar-refractivity contribution in [3.8, 4) is 0 Å². The van der Waals surface area contributed by atoms with Crippen LogP contribution >= 0.6 is 0 Å². The summed E-state index contributed by atoms with van der Waals surface area (Å²) in [5, 5.41) is 10.2. The third-order valence-electron chi connectivity index (χ3n) is 1.08. The van der Waals surface area contributed by atoms with Gasteiger partial charge in [0.15, 0.2) is 0 Å². The summed E-state index contributed by atoms with van der Waals surface area (Å²) >= 11 is 0. The Balaban J connectivity index is 0. The van der Waals surface area contributed by atoms with Crippen LogP contribution in [0.3, 0.4) is 0 Å². The van der Waals surface area contributed by atoms with Crippen molar-refractivity contribution in [2.75, 3.05) is 6.54 Å². The van der Waals surface area contributed by atoms with Gasteiger partial charge in [0.05, 0.1) is 0 Å². The maximum atomic E-state index is 8.36. The van der Waals surface area contributed by atoms with Crippen LogP contribution in [0.15, 0.2) is 0 Å². The molecule has 68 valence electrons. The Bertz CT molecular complexity index is 74.5. The minimum absolute atomic E-state index is 0.250. The van der Waals surface area contributed by atoms with Crippen molar-refractivity contribution in [2.24, 2.45) is 0 Å². The first-order valence-electron chi connectivity index (χ1n) is 4.00. The van der Waals surface area contributed by atoms with Gasteiger partial charge in [-0.2, -0.15) is 0 Å². The van der Waals surface area contributed by atoms with E-state index in [1.165, 1.54) is 19.4 Å². The van der Waals surface area contributed by atoms with Crippen LogP contribution in [0.5, 0.6) is 0 Å². The lowest BCUT2D eigenvalue weighted by molar-refractivity contribution is -0.122. The molecule has 2 N–H and O–H groups in total. The van der Waals surface area contributed by atoms with E-state index in [-0.39, 0.29) is 6.47 Å². The highest BCUT2D eigenvalue weighted by Crippen LogP contribution is 1.83. The zero-order chi connectivity index (χ0) is 9.11. The van der Waals surface area contributed by atoms with Gasteiger partial charge in [-0.3, -0.25) is 4.79 Å². The van der Waals surface area contributed by atoms with E-state index in [9.17, 15) is 0 Å². The lowest BCUT2D eigenvalue weighted by Gasteiger charge is -2.05. The zero-order valence-corrected chi connectivity index (χ0v) is 7.63. The first-order valence-corrected chi connectivity index (χ1v) is 4.00. The van der Waals surface area contributed by atoms with Gasteiger partial charge in [-0.1, -0.05) is 27.2 Å². The molecule has 11 heavy (non-hydrogen) atoms. The van der Waals surface area contributed by atoms with Crippen LogP contribution in [-0.2, 0) is 4.79 Å². The van der Waals surface area contributed by atoms with E-state index < -0.39 is 0 Å². The molecule has 0 saturated heterocycles. The van der Waals surface area contributed by atoms with Crippen LogP contribution in [-0.4, -0.2) is 24.2 Å². The summed E-state index contributed by atoms with van der Waals surface area (Å²) in [6.45, 7) is 7.49. The SMILES string of the molecule is CCCCNC(C)C.O=CO. The molecule has 0 aliphatic rings. The van der Waals surface area contributed by atoms with Gasteiger partial charge in [0.1, 0.15) is 0 Å². The molecule has 0 unspecified atom stereocenters. The van der Waals surface area contributed by atoms with Crippen LogP contribution < -0.4 is 5.32 Å². The molecule has 0 atom stereocenters. The Morgan fingerprint density at radius 1 is 1.55 bits per heavy atom.